The van der Waals surface area contributed by atoms with Crippen LogP contribution in [-0.2, 0) is 11.8 Å². The van der Waals surface area contributed by atoms with Gasteiger partial charge in [-0.25, -0.2) is 0 Å². The van der Waals surface area contributed by atoms with Crippen molar-refractivity contribution in [2.24, 2.45) is 0 Å². The fourth-order valence-electron chi connectivity index (χ4n) is 4.22. The first-order chi connectivity index (χ1) is 14.7. The number of rotatable bonds is 5. The molecule has 1 aliphatic carbocycles. The third-order valence-electron chi connectivity index (χ3n) is 5.88. The minimum atomic E-state index is -0.302. The second-order valence-electron chi connectivity index (χ2n) is 7.41. The lowest BCUT2D eigenvalue weighted by molar-refractivity contribution is 0.414. The predicted molar refractivity (Wildman–Crippen MR) is 121 cm³/mol. The van der Waals surface area contributed by atoms with Crippen molar-refractivity contribution >= 4 is 17.4 Å². The molecule has 4 nitrogen and oxygen atoms in total. The Morgan fingerprint density at radius 1 is 0.900 bits per heavy atom. The van der Waals surface area contributed by atoms with Crippen LogP contribution in [0.25, 0.3) is 17.3 Å². The van der Waals surface area contributed by atoms with E-state index in [-0.39, 0.29) is 5.41 Å². The number of hydrogen-bond donors (Lipinski definition) is 1. The van der Waals surface area contributed by atoms with E-state index in [1.54, 1.807) is 25.6 Å². The molecule has 0 bridgehead atoms. The van der Waals surface area contributed by atoms with Gasteiger partial charge in [-0.1, -0.05) is 36.4 Å². The highest BCUT2D eigenvalue weighted by molar-refractivity contribution is 7.08. The normalized spacial score (nSPS) is 14.3. The first-order valence-electron chi connectivity index (χ1n) is 9.81. The second kappa shape index (κ2) is 7.50. The van der Waals surface area contributed by atoms with Gasteiger partial charge in [0, 0.05) is 34.0 Å². The molecule has 0 spiro atoms. The number of allylic oxidation sites excluding steroid dienone is 1. The molecule has 0 saturated carbocycles. The minimum absolute atomic E-state index is 0.302. The Morgan fingerprint density at radius 3 is 2.07 bits per heavy atom. The summed E-state index contributed by atoms with van der Waals surface area (Å²) in [4.78, 5) is 0. The molecule has 0 amide bonds. The quantitative estimate of drug-likeness (QED) is 0.455. The highest BCUT2D eigenvalue weighted by Gasteiger charge is 2.36. The maximum absolute atomic E-state index is 5.38. The van der Waals surface area contributed by atoms with E-state index >= 15 is 0 Å². The zero-order chi connectivity index (χ0) is 20.6. The molecule has 4 aromatic rings. The molecule has 2 aromatic heterocycles. The number of H-pyrrole nitrogens is 1. The molecule has 1 N–H and O–H groups in total. The lowest BCUT2D eigenvalue weighted by Crippen LogP contribution is -2.30. The van der Waals surface area contributed by atoms with Crippen LogP contribution in [0.15, 0.2) is 71.4 Å². The summed E-state index contributed by atoms with van der Waals surface area (Å²) in [6, 6.07) is 18.8. The standard InChI is InChI=1S/C25H22N2O2S/c1-28-20-7-3-18(4-8-20)25(19-5-9-21(29-2)10-6-19)13-11-22-23(15-25)26-27-24(22)17-12-14-30-16-17/h3-14,16H,15H2,1-2H3,(H,26,27). The summed E-state index contributed by atoms with van der Waals surface area (Å²) < 4.78 is 10.8. The number of aromatic amines is 1. The highest BCUT2D eigenvalue weighted by atomic mass is 32.1. The topological polar surface area (TPSA) is 47.1 Å². The van der Waals surface area contributed by atoms with Crippen molar-refractivity contribution in [3.05, 3.63) is 93.8 Å². The molecular weight excluding hydrogens is 392 g/mol. The number of fused-ring (bicyclic) bond motifs is 1. The SMILES string of the molecule is COc1ccc(C2(c3ccc(OC)cc3)C=Cc3c(-c4ccsc4)n[nH]c3C2)cc1. The second-order valence-corrected chi connectivity index (χ2v) is 8.19. The number of nitrogens with zero attached hydrogens (tertiary/aromatic N) is 1. The van der Waals surface area contributed by atoms with E-state index < -0.39 is 0 Å². The van der Waals surface area contributed by atoms with Gasteiger partial charge in [0.25, 0.3) is 0 Å². The third-order valence-corrected chi connectivity index (χ3v) is 6.56. The molecular formula is C25H22N2O2S. The van der Waals surface area contributed by atoms with E-state index in [1.807, 2.05) is 24.3 Å². The molecule has 0 aliphatic heterocycles. The van der Waals surface area contributed by atoms with Gasteiger partial charge in [-0.05, 0) is 46.8 Å². The van der Waals surface area contributed by atoms with Crippen LogP contribution in [0, 0.1) is 0 Å². The molecule has 1 aliphatic rings. The first-order valence-corrected chi connectivity index (χ1v) is 10.8. The number of benzene rings is 2. The molecule has 0 fully saturated rings. The molecule has 30 heavy (non-hydrogen) atoms. The number of aromatic nitrogens is 2. The van der Waals surface area contributed by atoms with Gasteiger partial charge in [0.2, 0.25) is 0 Å². The molecule has 5 heteroatoms. The number of nitrogens with one attached hydrogen (secondary N) is 1. The van der Waals surface area contributed by atoms with Crippen molar-refractivity contribution < 1.29 is 9.47 Å². The highest BCUT2D eigenvalue weighted by Crippen LogP contribution is 2.43. The number of hydrogen-bond acceptors (Lipinski definition) is 4. The van der Waals surface area contributed by atoms with E-state index in [9.17, 15) is 0 Å². The predicted octanol–water partition coefficient (Wildman–Crippen LogP) is 5.71. The lowest BCUT2D eigenvalue weighted by atomic mass is 9.68. The molecule has 0 atom stereocenters. The zero-order valence-electron chi connectivity index (χ0n) is 16.9. The number of thiophene rings is 1. The lowest BCUT2D eigenvalue weighted by Gasteiger charge is -2.34. The van der Waals surface area contributed by atoms with Crippen LogP contribution < -0.4 is 9.47 Å². The van der Waals surface area contributed by atoms with E-state index in [4.69, 9.17) is 9.47 Å². The van der Waals surface area contributed by atoms with E-state index in [2.05, 4.69) is 63.4 Å². The Kier molecular flexibility index (Phi) is 4.68. The average Bonchev–Trinajstić information content (AvgIpc) is 3.48. The summed E-state index contributed by atoms with van der Waals surface area (Å²) in [5.41, 5.74) is 6.61. The molecule has 0 radical (unpaired) electrons. The maximum Gasteiger partial charge on any atom is 0.118 e. The van der Waals surface area contributed by atoms with Crippen LogP contribution >= 0.6 is 11.3 Å². The van der Waals surface area contributed by atoms with Crippen LogP contribution in [0.2, 0.25) is 0 Å². The van der Waals surface area contributed by atoms with E-state index in [1.165, 1.54) is 16.7 Å². The Bertz CT molecular complexity index is 1130. The van der Waals surface area contributed by atoms with Crippen LogP contribution in [0.3, 0.4) is 0 Å². The van der Waals surface area contributed by atoms with Gasteiger partial charge >= 0.3 is 0 Å². The van der Waals surface area contributed by atoms with Gasteiger partial charge in [-0.2, -0.15) is 16.4 Å². The minimum Gasteiger partial charge on any atom is -0.497 e. The average molecular weight is 415 g/mol. The first kappa shape index (κ1) is 18.7. The summed E-state index contributed by atoms with van der Waals surface area (Å²) in [5, 5.41) is 12.2. The van der Waals surface area contributed by atoms with Crippen LogP contribution in [-0.4, -0.2) is 24.4 Å². The van der Waals surface area contributed by atoms with Crippen molar-refractivity contribution in [2.75, 3.05) is 14.2 Å². The Morgan fingerprint density at radius 2 is 1.53 bits per heavy atom. The summed E-state index contributed by atoms with van der Waals surface area (Å²) in [5.74, 6) is 1.70. The van der Waals surface area contributed by atoms with Crippen molar-refractivity contribution in [3.63, 3.8) is 0 Å². The summed E-state index contributed by atoms with van der Waals surface area (Å²) in [6.07, 6.45) is 5.32. The van der Waals surface area contributed by atoms with E-state index in [0.717, 1.165) is 34.9 Å². The fraction of sp³-hybridized carbons (Fsp3) is 0.160. The zero-order valence-corrected chi connectivity index (χ0v) is 17.7. The Balaban J connectivity index is 1.63. The van der Waals surface area contributed by atoms with Crippen molar-refractivity contribution in [1.29, 1.82) is 0 Å². The number of ether oxygens (including phenoxy) is 2. The smallest absolute Gasteiger partial charge is 0.118 e. The Labute approximate surface area is 179 Å². The van der Waals surface area contributed by atoms with Crippen molar-refractivity contribution in [3.8, 4) is 22.8 Å². The van der Waals surface area contributed by atoms with Crippen LogP contribution in [0.5, 0.6) is 11.5 Å². The van der Waals surface area contributed by atoms with Crippen LogP contribution in [0.1, 0.15) is 22.4 Å². The van der Waals surface area contributed by atoms with Crippen molar-refractivity contribution in [2.45, 2.75) is 11.8 Å². The molecule has 150 valence electrons. The van der Waals surface area contributed by atoms with Gasteiger partial charge in [0.1, 0.15) is 17.2 Å². The van der Waals surface area contributed by atoms with Crippen LogP contribution in [0.4, 0.5) is 0 Å². The summed E-state index contributed by atoms with van der Waals surface area (Å²) in [7, 11) is 3.38. The number of methoxy groups -OCH3 is 2. The van der Waals surface area contributed by atoms with E-state index in [0.29, 0.717) is 0 Å². The third kappa shape index (κ3) is 3.02. The summed E-state index contributed by atoms with van der Waals surface area (Å²) >= 11 is 1.69. The fourth-order valence-corrected chi connectivity index (χ4v) is 4.86. The molecule has 5 rings (SSSR count). The van der Waals surface area contributed by atoms with Gasteiger partial charge < -0.3 is 9.47 Å². The molecule has 2 aromatic carbocycles. The Hall–Kier alpha value is -3.31. The van der Waals surface area contributed by atoms with Gasteiger partial charge in [0.15, 0.2) is 0 Å². The monoisotopic (exact) mass is 414 g/mol. The van der Waals surface area contributed by atoms with Crippen molar-refractivity contribution in [1.82, 2.24) is 10.2 Å². The molecule has 0 saturated heterocycles. The van der Waals surface area contributed by atoms with Gasteiger partial charge in [-0.3, -0.25) is 5.10 Å². The molecule has 2 heterocycles. The largest absolute Gasteiger partial charge is 0.497 e. The molecule has 0 unspecified atom stereocenters. The summed E-state index contributed by atoms with van der Waals surface area (Å²) in [6.45, 7) is 0. The van der Waals surface area contributed by atoms with Gasteiger partial charge in [-0.15, -0.1) is 0 Å². The maximum atomic E-state index is 5.38. The van der Waals surface area contributed by atoms with Gasteiger partial charge in [0.05, 0.1) is 14.2 Å².